The second kappa shape index (κ2) is 10.3. The summed E-state index contributed by atoms with van der Waals surface area (Å²) in [6.07, 6.45) is -1.07. The van der Waals surface area contributed by atoms with Crippen molar-refractivity contribution in [2.24, 2.45) is 0 Å². The fourth-order valence-corrected chi connectivity index (χ4v) is 3.79. The SMILES string of the molecule is N#Cc1ccc(C(=O)Nc2ccc(C(O)C3COCC(=O)N3Cc3ccccc3F)cc2)cc1. The number of halogens is 1. The molecular formula is C26H22FN3O4. The Balaban J connectivity index is 1.46. The van der Waals surface area contributed by atoms with Gasteiger partial charge in [0.25, 0.3) is 5.91 Å². The third kappa shape index (κ3) is 5.12. The lowest BCUT2D eigenvalue weighted by molar-refractivity contribution is -0.155. The number of benzene rings is 3. The predicted octanol–water partition coefficient (Wildman–Crippen LogP) is 3.41. The van der Waals surface area contributed by atoms with Crippen LogP contribution in [-0.2, 0) is 16.1 Å². The number of carbonyl (C=O) groups is 2. The number of ether oxygens (including phenoxy) is 1. The van der Waals surface area contributed by atoms with Gasteiger partial charge in [-0.15, -0.1) is 0 Å². The lowest BCUT2D eigenvalue weighted by Crippen LogP contribution is -2.51. The van der Waals surface area contributed by atoms with Crippen LogP contribution in [0.3, 0.4) is 0 Å². The Bertz CT molecular complexity index is 1220. The Kier molecular flexibility index (Phi) is 6.97. The highest BCUT2D eigenvalue weighted by Gasteiger charge is 2.35. The molecule has 0 aliphatic carbocycles. The van der Waals surface area contributed by atoms with E-state index in [2.05, 4.69) is 5.32 Å². The van der Waals surface area contributed by atoms with Crippen molar-refractivity contribution in [3.05, 3.63) is 101 Å². The van der Waals surface area contributed by atoms with Gasteiger partial charge in [-0.05, 0) is 48.0 Å². The second-order valence-corrected chi connectivity index (χ2v) is 7.91. The van der Waals surface area contributed by atoms with E-state index in [0.717, 1.165) is 0 Å². The molecule has 1 heterocycles. The van der Waals surface area contributed by atoms with E-state index < -0.39 is 18.0 Å². The molecule has 8 heteroatoms. The number of carbonyl (C=O) groups excluding carboxylic acids is 2. The van der Waals surface area contributed by atoms with Crippen molar-refractivity contribution >= 4 is 17.5 Å². The maximum Gasteiger partial charge on any atom is 0.255 e. The molecule has 0 spiro atoms. The molecule has 2 unspecified atom stereocenters. The number of morpholine rings is 1. The number of nitriles is 1. The van der Waals surface area contributed by atoms with Gasteiger partial charge in [-0.1, -0.05) is 30.3 Å². The molecule has 0 aromatic heterocycles. The normalized spacial score (nSPS) is 16.6. The first-order valence-electron chi connectivity index (χ1n) is 10.7. The molecule has 34 heavy (non-hydrogen) atoms. The van der Waals surface area contributed by atoms with Gasteiger partial charge in [0.2, 0.25) is 5.91 Å². The van der Waals surface area contributed by atoms with Crippen LogP contribution in [0.25, 0.3) is 0 Å². The van der Waals surface area contributed by atoms with Crippen LogP contribution < -0.4 is 5.32 Å². The summed E-state index contributed by atoms with van der Waals surface area (Å²) < 4.78 is 19.5. The Morgan fingerprint density at radius 1 is 1.15 bits per heavy atom. The van der Waals surface area contributed by atoms with E-state index in [4.69, 9.17) is 10.00 Å². The fourth-order valence-electron chi connectivity index (χ4n) is 3.79. The van der Waals surface area contributed by atoms with Gasteiger partial charge in [0.15, 0.2) is 0 Å². The zero-order chi connectivity index (χ0) is 24.1. The van der Waals surface area contributed by atoms with Crippen LogP contribution in [0, 0.1) is 17.1 Å². The maximum atomic E-state index is 14.2. The van der Waals surface area contributed by atoms with Gasteiger partial charge in [0, 0.05) is 23.4 Å². The molecule has 3 aromatic carbocycles. The van der Waals surface area contributed by atoms with Crippen molar-refractivity contribution < 1.29 is 23.8 Å². The third-order valence-electron chi connectivity index (χ3n) is 5.68. The van der Waals surface area contributed by atoms with Crippen molar-refractivity contribution in [3.63, 3.8) is 0 Å². The molecule has 1 fully saturated rings. The van der Waals surface area contributed by atoms with E-state index in [1.807, 2.05) is 6.07 Å². The molecule has 172 valence electrons. The second-order valence-electron chi connectivity index (χ2n) is 7.91. The topological polar surface area (TPSA) is 103 Å². The first kappa shape index (κ1) is 23.1. The first-order valence-corrected chi connectivity index (χ1v) is 10.7. The number of aliphatic hydroxyl groups excluding tert-OH is 1. The number of amides is 2. The lowest BCUT2D eigenvalue weighted by Gasteiger charge is -2.38. The Morgan fingerprint density at radius 2 is 1.85 bits per heavy atom. The third-order valence-corrected chi connectivity index (χ3v) is 5.68. The monoisotopic (exact) mass is 459 g/mol. The molecule has 7 nitrogen and oxygen atoms in total. The summed E-state index contributed by atoms with van der Waals surface area (Å²) >= 11 is 0. The minimum atomic E-state index is -1.07. The molecule has 2 N–H and O–H groups in total. The van der Waals surface area contributed by atoms with E-state index in [9.17, 15) is 19.1 Å². The number of aliphatic hydroxyl groups is 1. The molecular weight excluding hydrogens is 437 g/mol. The number of nitrogens with one attached hydrogen (secondary N) is 1. The number of hydrogen-bond acceptors (Lipinski definition) is 5. The van der Waals surface area contributed by atoms with E-state index >= 15 is 0 Å². The van der Waals surface area contributed by atoms with Gasteiger partial charge in [-0.2, -0.15) is 5.26 Å². The Hall–Kier alpha value is -4.06. The summed E-state index contributed by atoms with van der Waals surface area (Å²) in [5.41, 5.74) is 2.27. The summed E-state index contributed by atoms with van der Waals surface area (Å²) in [5, 5.41) is 22.6. The first-order chi connectivity index (χ1) is 16.5. The number of nitrogens with zero attached hydrogens (tertiary/aromatic N) is 2. The summed E-state index contributed by atoms with van der Waals surface area (Å²) in [6, 6.07) is 20.4. The zero-order valence-corrected chi connectivity index (χ0v) is 18.1. The summed E-state index contributed by atoms with van der Waals surface area (Å²) in [5.74, 6) is -1.08. The zero-order valence-electron chi connectivity index (χ0n) is 18.1. The molecule has 1 aliphatic heterocycles. The molecule has 2 atom stereocenters. The van der Waals surface area contributed by atoms with E-state index in [1.54, 1.807) is 66.7 Å². The van der Waals surface area contributed by atoms with Crippen molar-refractivity contribution in [1.82, 2.24) is 4.90 Å². The largest absolute Gasteiger partial charge is 0.386 e. The quantitative estimate of drug-likeness (QED) is 0.588. The minimum Gasteiger partial charge on any atom is -0.386 e. The van der Waals surface area contributed by atoms with Crippen molar-refractivity contribution in [3.8, 4) is 6.07 Å². The molecule has 0 saturated carbocycles. The molecule has 3 aromatic rings. The highest BCUT2D eigenvalue weighted by atomic mass is 19.1. The van der Waals surface area contributed by atoms with E-state index in [-0.39, 0.29) is 31.6 Å². The van der Waals surface area contributed by atoms with Crippen LogP contribution in [0.15, 0.2) is 72.8 Å². The number of hydrogen-bond donors (Lipinski definition) is 2. The molecule has 4 rings (SSSR count). The Labute approximate surface area is 196 Å². The van der Waals surface area contributed by atoms with Crippen molar-refractivity contribution in [2.75, 3.05) is 18.5 Å². The van der Waals surface area contributed by atoms with Crippen LogP contribution in [0.2, 0.25) is 0 Å². The molecule has 0 radical (unpaired) electrons. The van der Waals surface area contributed by atoms with Crippen LogP contribution in [0.4, 0.5) is 10.1 Å². The summed E-state index contributed by atoms with van der Waals surface area (Å²) in [7, 11) is 0. The van der Waals surface area contributed by atoms with Crippen LogP contribution >= 0.6 is 0 Å². The van der Waals surface area contributed by atoms with Gasteiger partial charge < -0.3 is 20.1 Å². The molecule has 1 aliphatic rings. The van der Waals surface area contributed by atoms with Crippen LogP contribution in [0.1, 0.15) is 33.2 Å². The van der Waals surface area contributed by atoms with Gasteiger partial charge >= 0.3 is 0 Å². The van der Waals surface area contributed by atoms with Gasteiger partial charge in [0.05, 0.1) is 24.3 Å². The minimum absolute atomic E-state index is 0.0231. The highest BCUT2D eigenvalue weighted by Crippen LogP contribution is 2.27. The van der Waals surface area contributed by atoms with Crippen molar-refractivity contribution in [1.29, 1.82) is 5.26 Å². The molecule has 2 amide bonds. The fraction of sp³-hybridized carbons (Fsp3) is 0.192. The highest BCUT2D eigenvalue weighted by molar-refractivity contribution is 6.04. The smallest absolute Gasteiger partial charge is 0.255 e. The standard InChI is InChI=1S/C26H22FN3O4/c27-22-4-2-1-3-20(22)14-30-23(15-34-16-24(30)31)25(32)18-9-11-21(12-10-18)29-26(33)19-7-5-17(13-28)6-8-19/h1-12,23,25,32H,14-16H2,(H,29,33). The average Bonchev–Trinajstić information content (AvgIpc) is 2.86. The summed E-state index contributed by atoms with van der Waals surface area (Å²) in [4.78, 5) is 26.4. The van der Waals surface area contributed by atoms with E-state index in [1.165, 1.54) is 11.0 Å². The van der Waals surface area contributed by atoms with E-state index in [0.29, 0.717) is 27.9 Å². The summed E-state index contributed by atoms with van der Waals surface area (Å²) in [6.45, 7) is 0.00581. The van der Waals surface area contributed by atoms with Crippen LogP contribution in [-0.4, -0.2) is 41.1 Å². The maximum absolute atomic E-state index is 14.2. The van der Waals surface area contributed by atoms with Crippen LogP contribution in [0.5, 0.6) is 0 Å². The van der Waals surface area contributed by atoms with Crippen molar-refractivity contribution in [2.45, 2.75) is 18.7 Å². The van der Waals surface area contributed by atoms with Gasteiger partial charge in [-0.25, -0.2) is 4.39 Å². The van der Waals surface area contributed by atoms with Gasteiger partial charge in [0.1, 0.15) is 18.5 Å². The average molecular weight is 459 g/mol. The number of anilines is 1. The molecule has 0 bridgehead atoms. The Morgan fingerprint density at radius 3 is 2.53 bits per heavy atom. The molecule has 1 saturated heterocycles. The predicted molar refractivity (Wildman–Crippen MR) is 122 cm³/mol. The lowest BCUT2D eigenvalue weighted by atomic mass is 9.99. The van der Waals surface area contributed by atoms with Gasteiger partial charge in [-0.3, -0.25) is 9.59 Å². The number of rotatable bonds is 6.